The molecule has 25 heavy (non-hydrogen) atoms. The third-order valence-corrected chi connectivity index (χ3v) is 4.47. The van der Waals surface area contributed by atoms with E-state index >= 15 is 0 Å². The average molecular weight is 367 g/mol. The quantitative estimate of drug-likeness (QED) is 0.622. The lowest BCUT2D eigenvalue weighted by Crippen LogP contribution is -2.47. The molecule has 0 fully saturated rings. The zero-order valence-electron chi connectivity index (χ0n) is 15.0. The Morgan fingerprint density at radius 1 is 1.24 bits per heavy atom. The zero-order valence-corrected chi connectivity index (χ0v) is 15.8. The van der Waals surface area contributed by atoms with Crippen molar-refractivity contribution in [3.05, 3.63) is 27.7 Å². The molecule has 9 heteroatoms. The molecule has 0 aliphatic carbocycles. The van der Waals surface area contributed by atoms with E-state index < -0.39 is 22.9 Å². The summed E-state index contributed by atoms with van der Waals surface area (Å²) in [5.74, 6) is -1.37. The summed E-state index contributed by atoms with van der Waals surface area (Å²) in [6.45, 7) is 7.42. The molecule has 0 radical (unpaired) electrons. The molecular formula is C16H21N3O5S. The number of fused-ring (bicyclic) bond motifs is 1. The fraction of sp³-hybridized carbons (Fsp3) is 0.500. The molecule has 0 aromatic carbocycles. The average Bonchev–Trinajstić information content (AvgIpc) is 2.50. The van der Waals surface area contributed by atoms with Gasteiger partial charge in [-0.3, -0.25) is 14.7 Å². The number of rotatable bonds is 3. The highest BCUT2D eigenvalue weighted by molar-refractivity contribution is 8.00. The van der Waals surface area contributed by atoms with Gasteiger partial charge in [0.15, 0.2) is 5.16 Å². The highest BCUT2D eigenvalue weighted by atomic mass is 32.2. The van der Waals surface area contributed by atoms with Crippen LogP contribution in [0.4, 0.5) is 0 Å². The zero-order chi connectivity index (χ0) is 18.9. The van der Waals surface area contributed by atoms with Gasteiger partial charge in [-0.25, -0.2) is 9.59 Å². The number of esters is 2. The molecule has 1 aromatic heterocycles. The van der Waals surface area contributed by atoms with Crippen LogP contribution in [0.25, 0.3) is 5.70 Å². The highest BCUT2D eigenvalue weighted by Gasteiger charge is 2.39. The molecule has 0 saturated heterocycles. The lowest BCUT2D eigenvalue weighted by Gasteiger charge is -2.33. The second kappa shape index (κ2) is 7.01. The number of nitrogens with zero attached hydrogens (tertiary/aromatic N) is 2. The minimum absolute atomic E-state index is 0.00477. The predicted octanol–water partition coefficient (Wildman–Crippen LogP) is 0.929. The third kappa shape index (κ3) is 3.93. The standard InChI is InChI=1S/C16H21N3O5S/c1-8-7-9(20)17-15-19(8)11(14(22)24-6)10(13(21)23-5)12(25-15)18-16(2,3)4/h7,12,18H,1-6H3. The van der Waals surface area contributed by atoms with Gasteiger partial charge in [-0.05, 0) is 27.7 Å². The van der Waals surface area contributed by atoms with E-state index in [1.54, 1.807) is 6.92 Å². The molecule has 0 saturated carbocycles. The Kier molecular flexibility index (Phi) is 5.38. The second-order valence-electron chi connectivity index (χ2n) is 6.49. The van der Waals surface area contributed by atoms with Crippen molar-refractivity contribution in [2.75, 3.05) is 14.2 Å². The maximum absolute atomic E-state index is 12.5. The highest BCUT2D eigenvalue weighted by Crippen LogP contribution is 2.37. The van der Waals surface area contributed by atoms with Crippen LogP contribution in [0.15, 0.2) is 21.6 Å². The van der Waals surface area contributed by atoms with Crippen molar-refractivity contribution < 1.29 is 19.1 Å². The van der Waals surface area contributed by atoms with Gasteiger partial charge in [0, 0.05) is 17.3 Å². The van der Waals surface area contributed by atoms with E-state index in [1.807, 2.05) is 20.8 Å². The van der Waals surface area contributed by atoms with Gasteiger partial charge in [0.1, 0.15) is 5.70 Å². The van der Waals surface area contributed by atoms with E-state index in [0.29, 0.717) is 10.9 Å². The predicted molar refractivity (Wildman–Crippen MR) is 93.0 cm³/mol. The first kappa shape index (κ1) is 19.2. The van der Waals surface area contributed by atoms with Crippen molar-refractivity contribution in [3.8, 4) is 0 Å². The van der Waals surface area contributed by atoms with Crippen molar-refractivity contribution in [3.63, 3.8) is 0 Å². The van der Waals surface area contributed by atoms with Crippen molar-refractivity contribution >= 4 is 29.4 Å². The molecule has 1 atom stereocenters. The second-order valence-corrected chi connectivity index (χ2v) is 7.56. The topological polar surface area (TPSA) is 99.5 Å². The molecule has 1 aromatic rings. The monoisotopic (exact) mass is 367 g/mol. The largest absolute Gasteiger partial charge is 0.466 e. The minimum Gasteiger partial charge on any atom is -0.466 e. The molecular weight excluding hydrogens is 346 g/mol. The summed E-state index contributed by atoms with van der Waals surface area (Å²) in [4.78, 5) is 40.7. The SMILES string of the molecule is COC(=O)C1=C(C(=O)OC)n2c(C)cc(=O)nc2SC1NC(C)(C)C. The number of aryl methyl sites for hydroxylation is 1. The first-order valence-corrected chi connectivity index (χ1v) is 8.43. The van der Waals surface area contributed by atoms with Gasteiger partial charge in [-0.15, -0.1) is 0 Å². The Morgan fingerprint density at radius 3 is 2.36 bits per heavy atom. The van der Waals surface area contributed by atoms with E-state index in [2.05, 4.69) is 10.3 Å². The van der Waals surface area contributed by atoms with Crippen LogP contribution in [0.3, 0.4) is 0 Å². The summed E-state index contributed by atoms with van der Waals surface area (Å²) in [5.41, 5.74) is -0.204. The maximum atomic E-state index is 12.5. The summed E-state index contributed by atoms with van der Waals surface area (Å²) < 4.78 is 11.2. The first-order valence-electron chi connectivity index (χ1n) is 7.55. The van der Waals surface area contributed by atoms with Gasteiger partial charge < -0.3 is 9.47 Å². The van der Waals surface area contributed by atoms with Gasteiger partial charge in [0.05, 0.1) is 25.2 Å². The van der Waals surface area contributed by atoms with E-state index in [1.165, 1.54) is 36.6 Å². The molecule has 1 unspecified atom stereocenters. The Balaban J connectivity index is 2.81. The molecule has 1 N–H and O–H groups in total. The normalized spacial score (nSPS) is 17.1. The Bertz CT molecular complexity index is 807. The van der Waals surface area contributed by atoms with E-state index in [0.717, 1.165) is 0 Å². The molecule has 1 aliphatic heterocycles. The molecule has 2 heterocycles. The minimum atomic E-state index is -0.712. The Morgan fingerprint density at radius 2 is 1.84 bits per heavy atom. The third-order valence-electron chi connectivity index (χ3n) is 3.39. The fourth-order valence-corrected chi connectivity index (χ4v) is 3.87. The van der Waals surface area contributed by atoms with Crippen molar-refractivity contribution in [1.29, 1.82) is 0 Å². The van der Waals surface area contributed by atoms with E-state index in [9.17, 15) is 14.4 Å². The maximum Gasteiger partial charge on any atom is 0.355 e. The van der Waals surface area contributed by atoms with E-state index in [-0.39, 0.29) is 16.8 Å². The van der Waals surface area contributed by atoms with Crippen LogP contribution in [0.1, 0.15) is 26.5 Å². The van der Waals surface area contributed by atoms with Crippen LogP contribution in [0.5, 0.6) is 0 Å². The molecule has 0 bridgehead atoms. The number of hydrogen-bond donors (Lipinski definition) is 1. The number of methoxy groups -OCH3 is 2. The van der Waals surface area contributed by atoms with Gasteiger partial charge in [0.25, 0.3) is 5.56 Å². The number of carbonyl (C=O) groups is 2. The fourth-order valence-electron chi connectivity index (χ4n) is 2.44. The molecule has 0 spiro atoms. The van der Waals surface area contributed by atoms with Crippen molar-refractivity contribution in [2.45, 2.75) is 43.8 Å². The summed E-state index contributed by atoms with van der Waals surface area (Å²) in [6.07, 6.45) is 0. The molecule has 0 amide bonds. The number of thioether (sulfide) groups is 1. The smallest absolute Gasteiger partial charge is 0.355 e. The molecule has 136 valence electrons. The molecule has 8 nitrogen and oxygen atoms in total. The van der Waals surface area contributed by atoms with Crippen LogP contribution in [0.2, 0.25) is 0 Å². The number of nitrogens with one attached hydrogen (secondary N) is 1. The van der Waals surface area contributed by atoms with Gasteiger partial charge >= 0.3 is 11.9 Å². The number of hydrogen-bond acceptors (Lipinski definition) is 8. The number of carbonyl (C=O) groups excluding carboxylic acids is 2. The Labute approximate surface area is 149 Å². The van der Waals surface area contributed by atoms with Crippen LogP contribution in [-0.2, 0) is 19.1 Å². The number of ether oxygens (including phenoxy) is 2. The van der Waals surface area contributed by atoms with Crippen LogP contribution in [0, 0.1) is 6.92 Å². The molecule has 2 rings (SSSR count). The van der Waals surface area contributed by atoms with E-state index in [4.69, 9.17) is 9.47 Å². The summed E-state index contributed by atoms with van der Waals surface area (Å²) in [6, 6.07) is 1.29. The number of aromatic nitrogens is 2. The first-order chi connectivity index (χ1) is 11.6. The lowest BCUT2D eigenvalue weighted by atomic mass is 10.1. The van der Waals surface area contributed by atoms with Crippen LogP contribution in [-0.4, -0.2) is 46.6 Å². The molecule has 1 aliphatic rings. The lowest BCUT2D eigenvalue weighted by molar-refractivity contribution is -0.138. The van der Waals surface area contributed by atoms with Gasteiger partial charge in [0.2, 0.25) is 0 Å². The summed E-state index contributed by atoms with van der Waals surface area (Å²) in [7, 11) is 2.47. The van der Waals surface area contributed by atoms with Crippen LogP contribution < -0.4 is 10.9 Å². The van der Waals surface area contributed by atoms with Crippen molar-refractivity contribution in [2.24, 2.45) is 0 Å². The van der Waals surface area contributed by atoms with Crippen LogP contribution >= 0.6 is 11.8 Å². The Hall–Kier alpha value is -2.13. The van der Waals surface area contributed by atoms with Gasteiger partial charge in [-0.2, -0.15) is 4.98 Å². The van der Waals surface area contributed by atoms with Crippen molar-refractivity contribution in [1.82, 2.24) is 14.9 Å². The summed E-state index contributed by atoms with van der Waals surface area (Å²) in [5, 5.41) is 2.93. The van der Waals surface area contributed by atoms with Gasteiger partial charge in [-0.1, -0.05) is 11.8 Å². The summed E-state index contributed by atoms with van der Waals surface area (Å²) >= 11 is 1.17.